The molecule has 124 valence electrons. The van der Waals surface area contributed by atoms with Crippen molar-refractivity contribution < 1.29 is 0 Å². The normalized spacial score (nSPS) is 15.9. The van der Waals surface area contributed by atoms with E-state index in [1.54, 1.807) is 24.9 Å². The average molecular weight is 326 g/mol. The van der Waals surface area contributed by atoms with E-state index in [-0.39, 0.29) is 5.56 Å². The van der Waals surface area contributed by atoms with Crippen molar-refractivity contribution in [2.24, 2.45) is 0 Å². The van der Waals surface area contributed by atoms with Gasteiger partial charge in [-0.1, -0.05) is 0 Å². The quantitative estimate of drug-likeness (QED) is 0.705. The first kappa shape index (κ1) is 14.8. The summed E-state index contributed by atoms with van der Waals surface area (Å²) in [4.78, 5) is 32.1. The van der Waals surface area contributed by atoms with Crippen LogP contribution in [0.15, 0.2) is 35.8 Å². The molecule has 9 heteroatoms. The third-order valence-corrected chi connectivity index (χ3v) is 4.29. The minimum Gasteiger partial charge on any atom is -0.352 e. The van der Waals surface area contributed by atoms with Crippen LogP contribution in [0.1, 0.15) is 0 Å². The summed E-state index contributed by atoms with van der Waals surface area (Å²) in [6.45, 7) is 5.01. The lowest BCUT2D eigenvalue weighted by atomic mass is 10.3. The van der Waals surface area contributed by atoms with E-state index >= 15 is 0 Å². The Kier molecular flexibility index (Phi) is 3.91. The predicted octanol–water partition coefficient (Wildman–Crippen LogP) is -0.268. The van der Waals surface area contributed by atoms with Crippen molar-refractivity contribution in [3.05, 3.63) is 41.3 Å². The second-order valence-corrected chi connectivity index (χ2v) is 5.71. The number of hydrogen-bond acceptors (Lipinski definition) is 7. The number of H-pyrrole nitrogens is 1. The van der Waals surface area contributed by atoms with Gasteiger partial charge in [-0.15, -0.1) is 0 Å². The first-order valence-electron chi connectivity index (χ1n) is 7.95. The summed E-state index contributed by atoms with van der Waals surface area (Å²) in [5.74, 6) is 0.901. The molecule has 0 bridgehead atoms. The maximum atomic E-state index is 11.7. The SMILES string of the molecule is O=c1cccnn1CCN1CCN(c2ncnc3nc[nH]c23)CC1. The first-order valence-corrected chi connectivity index (χ1v) is 7.95. The van der Waals surface area contributed by atoms with Crippen molar-refractivity contribution in [3.63, 3.8) is 0 Å². The second kappa shape index (κ2) is 6.36. The second-order valence-electron chi connectivity index (χ2n) is 5.71. The number of hydrogen-bond donors (Lipinski definition) is 1. The standard InChI is InChI=1S/C15H18N8O/c24-12-2-1-3-20-23(12)9-6-21-4-7-22(8-5-21)15-13-14(17-10-16-13)18-11-19-15/h1-3,10-11H,4-9H2,(H,16,17,18,19). The molecule has 1 N–H and O–H groups in total. The summed E-state index contributed by atoms with van der Waals surface area (Å²) in [6, 6.07) is 3.20. The molecule has 1 fully saturated rings. The van der Waals surface area contributed by atoms with Crippen molar-refractivity contribution in [1.82, 2.24) is 34.6 Å². The fourth-order valence-corrected chi connectivity index (χ4v) is 2.97. The van der Waals surface area contributed by atoms with E-state index in [0.29, 0.717) is 12.2 Å². The van der Waals surface area contributed by atoms with Crippen LogP contribution >= 0.6 is 0 Å². The van der Waals surface area contributed by atoms with Crippen LogP contribution < -0.4 is 10.5 Å². The lowest BCUT2D eigenvalue weighted by Crippen LogP contribution is -2.48. The summed E-state index contributed by atoms with van der Waals surface area (Å²) in [7, 11) is 0. The van der Waals surface area contributed by atoms with Crippen LogP contribution in [0.3, 0.4) is 0 Å². The van der Waals surface area contributed by atoms with Crippen LogP contribution in [0, 0.1) is 0 Å². The molecular formula is C15H18N8O. The maximum absolute atomic E-state index is 11.7. The van der Waals surface area contributed by atoms with Crippen molar-refractivity contribution in [1.29, 1.82) is 0 Å². The molecule has 0 amide bonds. The number of piperazine rings is 1. The topological polar surface area (TPSA) is 95.8 Å². The molecule has 0 aliphatic carbocycles. The first-order chi connectivity index (χ1) is 11.8. The van der Waals surface area contributed by atoms with Crippen LogP contribution in [-0.4, -0.2) is 67.3 Å². The molecular weight excluding hydrogens is 308 g/mol. The molecule has 0 unspecified atom stereocenters. The maximum Gasteiger partial charge on any atom is 0.266 e. The highest BCUT2D eigenvalue weighted by atomic mass is 16.1. The third-order valence-electron chi connectivity index (χ3n) is 4.29. The van der Waals surface area contributed by atoms with Crippen molar-refractivity contribution >= 4 is 17.0 Å². The van der Waals surface area contributed by atoms with E-state index in [9.17, 15) is 4.79 Å². The summed E-state index contributed by atoms with van der Waals surface area (Å²) in [5, 5.41) is 4.09. The number of anilines is 1. The number of rotatable bonds is 4. The van der Waals surface area contributed by atoms with Gasteiger partial charge in [0.05, 0.1) is 12.9 Å². The largest absolute Gasteiger partial charge is 0.352 e. The molecule has 1 aliphatic heterocycles. The number of aromatic amines is 1. The van der Waals surface area contributed by atoms with Crippen LogP contribution in [0.4, 0.5) is 5.82 Å². The van der Waals surface area contributed by atoms with E-state index < -0.39 is 0 Å². The van der Waals surface area contributed by atoms with E-state index in [0.717, 1.165) is 44.1 Å². The highest BCUT2D eigenvalue weighted by Crippen LogP contribution is 2.20. The molecule has 3 aromatic heterocycles. The molecule has 0 atom stereocenters. The van der Waals surface area contributed by atoms with Gasteiger partial charge in [0.1, 0.15) is 11.8 Å². The molecule has 1 aliphatic rings. The summed E-state index contributed by atoms with van der Waals surface area (Å²) < 4.78 is 1.50. The van der Waals surface area contributed by atoms with Gasteiger partial charge in [-0.2, -0.15) is 5.10 Å². The van der Waals surface area contributed by atoms with Gasteiger partial charge < -0.3 is 9.88 Å². The van der Waals surface area contributed by atoms with Crippen LogP contribution in [-0.2, 0) is 6.54 Å². The van der Waals surface area contributed by atoms with E-state index in [1.807, 2.05) is 0 Å². The zero-order valence-corrected chi connectivity index (χ0v) is 13.2. The minimum atomic E-state index is -0.0567. The van der Waals surface area contributed by atoms with Crippen LogP contribution in [0.5, 0.6) is 0 Å². The van der Waals surface area contributed by atoms with E-state index in [2.05, 4.69) is 34.8 Å². The van der Waals surface area contributed by atoms with Gasteiger partial charge in [0.15, 0.2) is 11.5 Å². The average Bonchev–Trinajstić information content (AvgIpc) is 3.10. The van der Waals surface area contributed by atoms with Gasteiger partial charge in [0, 0.05) is 45.0 Å². The zero-order valence-electron chi connectivity index (χ0n) is 13.2. The number of imidazole rings is 1. The lowest BCUT2D eigenvalue weighted by molar-refractivity contribution is 0.242. The molecule has 0 spiro atoms. The Labute approximate surface area is 138 Å². The third kappa shape index (κ3) is 2.85. The summed E-state index contributed by atoms with van der Waals surface area (Å²) in [6.07, 6.45) is 4.84. The molecule has 0 aromatic carbocycles. The van der Waals surface area contributed by atoms with Crippen molar-refractivity contribution in [3.8, 4) is 0 Å². The lowest BCUT2D eigenvalue weighted by Gasteiger charge is -2.35. The van der Waals surface area contributed by atoms with Gasteiger partial charge in [0.25, 0.3) is 5.56 Å². The Hall–Kier alpha value is -2.81. The summed E-state index contributed by atoms with van der Waals surface area (Å²) >= 11 is 0. The fraction of sp³-hybridized carbons (Fsp3) is 0.400. The van der Waals surface area contributed by atoms with Gasteiger partial charge in [-0.05, 0) is 6.07 Å². The monoisotopic (exact) mass is 326 g/mol. The smallest absolute Gasteiger partial charge is 0.266 e. The molecule has 3 aromatic rings. The molecule has 0 saturated carbocycles. The molecule has 9 nitrogen and oxygen atoms in total. The Balaban J connectivity index is 1.38. The van der Waals surface area contributed by atoms with Crippen LogP contribution in [0.2, 0.25) is 0 Å². The van der Waals surface area contributed by atoms with Gasteiger partial charge in [0.2, 0.25) is 0 Å². The van der Waals surface area contributed by atoms with E-state index in [1.165, 1.54) is 10.7 Å². The highest BCUT2D eigenvalue weighted by Gasteiger charge is 2.20. The Morgan fingerprint density at radius 3 is 2.79 bits per heavy atom. The Morgan fingerprint density at radius 1 is 1.08 bits per heavy atom. The van der Waals surface area contributed by atoms with Crippen LogP contribution in [0.25, 0.3) is 11.2 Å². The molecule has 1 saturated heterocycles. The van der Waals surface area contributed by atoms with Gasteiger partial charge in [-0.3, -0.25) is 9.69 Å². The number of nitrogens with one attached hydrogen (secondary N) is 1. The number of nitrogens with zero attached hydrogens (tertiary/aromatic N) is 7. The summed E-state index contributed by atoms with van der Waals surface area (Å²) in [5.41, 5.74) is 1.52. The number of fused-ring (bicyclic) bond motifs is 1. The Bertz CT molecular complexity index is 880. The molecule has 24 heavy (non-hydrogen) atoms. The van der Waals surface area contributed by atoms with Crippen molar-refractivity contribution in [2.45, 2.75) is 6.54 Å². The molecule has 0 radical (unpaired) electrons. The molecule has 4 rings (SSSR count). The highest BCUT2D eigenvalue weighted by molar-refractivity contribution is 5.82. The fourth-order valence-electron chi connectivity index (χ4n) is 2.97. The Morgan fingerprint density at radius 2 is 1.96 bits per heavy atom. The van der Waals surface area contributed by atoms with Gasteiger partial charge >= 0.3 is 0 Å². The van der Waals surface area contributed by atoms with E-state index in [4.69, 9.17) is 0 Å². The minimum absolute atomic E-state index is 0.0567. The zero-order chi connectivity index (χ0) is 16.4. The van der Waals surface area contributed by atoms with Crippen molar-refractivity contribution in [2.75, 3.05) is 37.6 Å². The van der Waals surface area contributed by atoms with Gasteiger partial charge in [-0.25, -0.2) is 19.6 Å². The predicted molar refractivity (Wildman–Crippen MR) is 88.8 cm³/mol. The molecule has 4 heterocycles. The number of aromatic nitrogens is 6.